The van der Waals surface area contributed by atoms with Gasteiger partial charge in [-0.3, -0.25) is 4.90 Å². The maximum Gasteiger partial charge on any atom is 0.130 e. The van der Waals surface area contributed by atoms with Crippen molar-refractivity contribution >= 4 is 5.82 Å². The van der Waals surface area contributed by atoms with E-state index in [-0.39, 0.29) is 0 Å². The van der Waals surface area contributed by atoms with E-state index in [4.69, 9.17) is 5.26 Å². The van der Waals surface area contributed by atoms with Crippen molar-refractivity contribution in [3.8, 4) is 6.07 Å². The summed E-state index contributed by atoms with van der Waals surface area (Å²) in [5.74, 6) is 0.950. The molecule has 2 fully saturated rings. The highest BCUT2D eigenvalue weighted by molar-refractivity contribution is 5.47. The van der Waals surface area contributed by atoms with Gasteiger partial charge in [0.25, 0.3) is 0 Å². The Labute approximate surface area is 120 Å². The largest absolute Gasteiger partial charge is 0.354 e. The van der Waals surface area contributed by atoms with E-state index in [9.17, 15) is 0 Å². The number of hydrogen-bond acceptors (Lipinski definition) is 5. The van der Waals surface area contributed by atoms with Crippen LogP contribution in [0.2, 0.25) is 0 Å². The Morgan fingerprint density at radius 1 is 1.30 bits per heavy atom. The van der Waals surface area contributed by atoms with E-state index in [1.54, 1.807) is 0 Å². The third-order valence-corrected chi connectivity index (χ3v) is 4.26. The van der Waals surface area contributed by atoms with E-state index in [2.05, 4.69) is 26.2 Å². The maximum absolute atomic E-state index is 9.06. The summed E-state index contributed by atoms with van der Waals surface area (Å²) in [7, 11) is 0. The van der Waals surface area contributed by atoms with Crippen molar-refractivity contribution in [2.75, 3.05) is 44.2 Å². The first-order valence-corrected chi connectivity index (χ1v) is 7.35. The Balaban J connectivity index is 1.65. The van der Waals surface area contributed by atoms with Crippen molar-refractivity contribution in [1.29, 1.82) is 5.26 Å². The SMILES string of the molecule is Cc1cc(C#N)cc(N2CCN(C3CCNC3)CC2)n1. The average molecular weight is 271 g/mol. The summed E-state index contributed by atoms with van der Waals surface area (Å²) >= 11 is 0. The van der Waals surface area contributed by atoms with Gasteiger partial charge in [-0.15, -0.1) is 0 Å². The quantitative estimate of drug-likeness (QED) is 0.860. The zero-order chi connectivity index (χ0) is 13.9. The van der Waals surface area contributed by atoms with Gasteiger partial charge in [-0.25, -0.2) is 4.98 Å². The summed E-state index contributed by atoms with van der Waals surface area (Å²) in [6.45, 7) is 8.39. The number of pyridine rings is 1. The molecule has 0 spiro atoms. The Morgan fingerprint density at radius 2 is 2.10 bits per heavy atom. The van der Waals surface area contributed by atoms with Crippen LogP contribution in [0.5, 0.6) is 0 Å². The first kappa shape index (κ1) is 13.3. The normalized spacial score (nSPS) is 23.8. The highest BCUT2D eigenvalue weighted by Crippen LogP contribution is 2.18. The molecule has 5 heteroatoms. The van der Waals surface area contributed by atoms with Gasteiger partial charge in [-0.05, 0) is 32.0 Å². The van der Waals surface area contributed by atoms with Crippen LogP contribution >= 0.6 is 0 Å². The number of rotatable bonds is 2. The number of aromatic nitrogens is 1. The molecule has 2 aliphatic heterocycles. The zero-order valence-corrected chi connectivity index (χ0v) is 12.0. The minimum absolute atomic E-state index is 0.704. The fraction of sp³-hybridized carbons (Fsp3) is 0.600. The summed E-state index contributed by atoms with van der Waals surface area (Å²) in [6, 6.07) is 6.66. The van der Waals surface area contributed by atoms with Crippen LogP contribution in [0.3, 0.4) is 0 Å². The summed E-state index contributed by atoms with van der Waals surface area (Å²) < 4.78 is 0. The molecule has 0 saturated carbocycles. The number of nitriles is 1. The van der Waals surface area contributed by atoms with E-state index < -0.39 is 0 Å². The fourth-order valence-electron chi connectivity index (χ4n) is 3.14. The van der Waals surface area contributed by atoms with E-state index >= 15 is 0 Å². The van der Waals surface area contributed by atoms with Crippen molar-refractivity contribution < 1.29 is 0 Å². The van der Waals surface area contributed by atoms with Gasteiger partial charge < -0.3 is 10.2 Å². The predicted molar refractivity (Wildman–Crippen MR) is 78.7 cm³/mol. The topological polar surface area (TPSA) is 55.2 Å². The van der Waals surface area contributed by atoms with Crippen LogP contribution in [0, 0.1) is 18.3 Å². The molecule has 0 amide bonds. The predicted octanol–water partition coefficient (Wildman–Crippen LogP) is 0.746. The van der Waals surface area contributed by atoms with Crippen molar-refractivity contribution in [1.82, 2.24) is 15.2 Å². The van der Waals surface area contributed by atoms with Crippen LogP contribution in [-0.2, 0) is 0 Å². The molecule has 1 aromatic rings. The maximum atomic E-state index is 9.06. The monoisotopic (exact) mass is 271 g/mol. The van der Waals surface area contributed by atoms with Gasteiger partial charge in [0.2, 0.25) is 0 Å². The molecule has 1 atom stereocenters. The number of piperazine rings is 1. The molecular formula is C15H21N5. The molecule has 2 aliphatic rings. The van der Waals surface area contributed by atoms with E-state index in [0.29, 0.717) is 11.6 Å². The average Bonchev–Trinajstić information content (AvgIpc) is 3.01. The van der Waals surface area contributed by atoms with Crippen LogP contribution in [-0.4, -0.2) is 55.2 Å². The Hall–Kier alpha value is -1.64. The third-order valence-electron chi connectivity index (χ3n) is 4.26. The summed E-state index contributed by atoms with van der Waals surface area (Å²) in [5, 5.41) is 12.5. The second-order valence-corrected chi connectivity index (χ2v) is 5.64. The number of nitrogens with zero attached hydrogens (tertiary/aromatic N) is 4. The molecule has 0 aromatic carbocycles. The van der Waals surface area contributed by atoms with Gasteiger partial charge in [-0.2, -0.15) is 5.26 Å². The molecule has 2 saturated heterocycles. The molecule has 3 heterocycles. The molecule has 5 nitrogen and oxygen atoms in total. The van der Waals surface area contributed by atoms with E-state index in [1.807, 2.05) is 19.1 Å². The van der Waals surface area contributed by atoms with Gasteiger partial charge in [0.15, 0.2) is 0 Å². The Bertz CT molecular complexity index is 507. The minimum Gasteiger partial charge on any atom is -0.354 e. The first-order chi connectivity index (χ1) is 9.76. The third kappa shape index (κ3) is 2.77. The number of aryl methyl sites for hydroxylation is 1. The molecule has 0 radical (unpaired) electrons. The lowest BCUT2D eigenvalue weighted by Gasteiger charge is -2.38. The smallest absolute Gasteiger partial charge is 0.130 e. The first-order valence-electron chi connectivity index (χ1n) is 7.35. The van der Waals surface area contributed by atoms with Gasteiger partial charge in [0.05, 0.1) is 11.6 Å². The highest BCUT2D eigenvalue weighted by Gasteiger charge is 2.26. The molecule has 1 aromatic heterocycles. The van der Waals surface area contributed by atoms with Gasteiger partial charge in [0, 0.05) is 44.5 Å². The molecule has 1 N–H and O–H groups in total. The van der Waals surface area contributed by atoms with Gasteiger partial charge in [-0.1, -0.05) is 0 Å². The van der Waals surface area contributed by atoms with Gasteiger partial charge >= 0.3 is 0 Å². The van der Waals surface area contributed by atoms with Crippen molar-refractivity contribution in [3.63, 3.8) is 0 Å². The second-order valence-electron chi connectivity index (χ2n) is 5.64. The molecule has 0 aliphatic carbocycles. The van der Waals surface area contributed by atoms with Gasteiger partial charge in [0.1, 0.15) is 5.82 Å². The standard InChI is InChI=1S/C15H21N5/c1-12-8-13(10-16)9-15(18-12)20-6-4-19(5-7-20)14-2-3-17-11-14/h8-9,14,17H,2-7,11H2,1H3. The van der Waals surface area contributed by atoms with Crippen molar-refractivity contribution in [2.45, 2.75) is 19.4 Å². The van der Waals surface area contributed by atoms with Crippen LogP contribution in [0.4, 0.5) is 5.82 Å². The van der Waals surface area contributed by atoms with Crippen LogP contribution in [0.1, 0.15) is 17.7 Å². The number of hydrogen-bond donors (Lipinski definition) is 1. The summed E-state index contributed by atoms with van der Waals surface area (Å²) in [4.78, 5) is 9.45. The molecule has 0 bridgehead atoms. The Morgan fingerprint density at radius 3 is 2.75 bits per heavy atom. The lowest BCUT2D eigenvalue weighted by Crippen LogP contribution is -2.51. The fourth-order valence-corrected chi connectivity index (χ4v) is 3.14. The Kier molecular flexibility index (Phi) is 3.86. The van der Waals surface area contributed by atoms with E-state index in [1.165, 1.54) is 6.42 Å². The minimum atomic E-state index is 0.704. The molecule has 3 rings (SSSR count). The molecule has 20 heavy (non-hydrogen) atoms. The summed E-state index contributed by atoms with van der Waals surface area (Å²) in [6.07, 6.45) is 1.27. The van der Waals surface area contributed by atoms with Crippen LogP contribution in [0.25, 0.3) is 0 Å². The van der Waals surface area contributed by atoms with Crippen molar-refractivity contribution in [2.24, 2.45) is 0 Å². The second kappa shape index (κ2) is 5.78. The highest BCUT2D eigenvalue weighted by atomic mass is 15.3. The lowest BCUT2D eigenvalue weighted by atomic mass is 10.2. The molecule has 106 valence electrons. The van der Waals surface area contributed by atoms with Crippen LogP contribution in [0.15, 0.2) is 12.1 Å². The molecule has 1 unspecified atom stereocenters. The number of nitrogens with one attached hydrogen (secondary N) is 1. The van der Waals surface area contributed by atoms with E-state index in [0.717, 1.165) is 50.8 Å². The van der Waals surface area contributed by atoms with Crippen molar-refractivity contribution in [3.05, 3.63) is 23.4 Å². The lowest BCUT2D eigenvalue weighted by molar-refractivity contribution is 0.196. The summed E-state index contributed by atoms with van der Waals surface area (Å²) in [5.41, 5.74) is 1.62. The number of anilines is 1. The zero-order valence-electron chi connectivity index (χ0n) is 12.0. The molecular weight excluding hydrogens is 250 g/mol. The van der Waals surface area contributed by atoms with Crippen LogP contribution < -0.4 is 10.2 Å².